The maximum absolute atomic E-state index is 5.07. The number of likely N-dealkylation sites (N-methyl/N-ethyl adjacent to an activating group) is 1. The summed E-state index contributed by atoms with van der Waals surface area (Å²) in [5, 5.41) is 5.63. The number of hydrogen-bond acceptors (Lipinski definition) is 4. The highest BCUT2D eigenvalue weighted by molar-refractivity contribution is 7.99. The normalized spacial score (nSPS) is 27.2. The molecule has 106 valence electrons. The Hall–Kier alpha value is -0.0600. The third kappa shape index (κ3) is 3.17. The zero-order valence-corrected chi connectivity index (χ0v) is 13.4. The molecule has 0 spiro atoms. The molecule has 0 aromatic carbocycles. The molecule has 2 heterocycles. The van der Waals surface area contributed by atoms with Gasteiger partial charge in [0.1, 0.15) is 5.01 Å². The van der Waals surface area contributed by atoms with E-state index in [2.05, 4.69) is 24.0 Å². The van der Waals surface area contributed by atoms with Crippen LogP contribution in [0.15, 0.2) is 0 Å². The van der Waals surface area contributed by atoms with Gasteiger partial charge < -0.3 is 5.32 Å². The summed E-state index contributed by atoms with van der Waals surface area (Å²) in [7, 11) is 0. The van der Waals surface area contributed by atoms with Gasteiger partial charge >= 0.3 is 0 Å². The van der Waals surface area contributed by atoms with E-state index < -0.39 is 0 Å². The third-order valence-corrected chi connectivity index (χ3v) is 6.96. The van der Waals surface area contributed by atoms with Gasteiger partial charge in [0.2, 0.25) is 0 Å². The van der Waals surface area contributed by atoms with Crippen LogP contribution < -0.4 is 5.32 Å². The van der Waals surface area contributed by atoms with Crippen LogP contribution in [-0.2, 0) is 6.42 Å². The Labute approximate surface area is 124 Å². The number of thiazole rings is 1. The van der Waals surface area contributed by atoms with E-state index in [1.165, 1.54) is 55.0 Å². The van der Waals surface area contributed by atoms with Crippen LogP contribution in [0, 0.1) is 0 Å². The number of fused-ring (bicyclic) bond motifs is 1. The first-order valence-corrected chi connectivity index (χ1v) is 9.56. The summed E-state index contributed by atoms with van der Waals surface area (Å²) in [6.45, 7) is 4.38. The van der Waals surface area contributed by atoms with Crippen molar-refractivity contribution in [3.05, 3.63) is 15.6 Å². The molecule has 2 aliphatic rings. The van der Waals surface area contributed by atoms with Crippen LogP contribution in [0.3, 0.4) is 0 Å². The fraction of sp³-hybridized carbons (Fsp3) is 0.800. The van der Waals surface area contributed by atoms with Gasteiger partial charge in [-0.25, -0.2) is 4.98 Å². The fourth-order valence-corrected chi connectivity index (χ4v) is 5.86. The summed E-state index contributed by atoms with van der Waals surface area (Å²) < 4.78 is 0. The standard InChI is InChI=1S/C15H24N2S2/c1-2-16-10-11-6-5-8-12-14(11)17-15(19-12)13-7-3-4-9-18-13/h11,13,16H,2-10H2,1H3. The summed E-state index contributed by atoms with van der Waals surface area (Å²) in [5.41, 5.74) is 1.44. The van der Waals surface area contributed by atoms with Crippen LogP contribution >= 0.6 is 23.1 Å². The topological polar surface area (TPSA) is 24.9 Å². The summed E-state index contributed by atoms with van der Waals surface area (Å²) in [6, 6.07) is 0. The van der Waals surface area contributed by atoms with Gasteiger partial charge in [0, 0.05) is 17.3 Å². The second-order valence-corrected chi connectivity index (χ2v) is 8.04. The minimum Gasteiger partial charge on any atom is -0.316 e. The number of rotatable bonds is 4. The zero-order chi connectivity index (χ0) is 13.1. The third-order valence-electron chi connectivity index (χ3n) is 4.18. The van der Waals surface area contributed by atoms with Crippen LogP contribution in [0.25, 0.3) is 0 Å². The number of aryl methyl sites for hydroxylation is 1. The predicted octanol–water partition coefficient (Wildman–Crippen LogP) is 4.13. The molecule has 0 amide bonds. The van der Waals surface area contributed by atoms with Crippen molar-refractivity contribution in [1.29, 1.82) is 0 Å². The van der Waals surface area contributed by atoms with Gasteiger partial charge in [0.25, 0.3) is 0 Å². The molecule has 19 heavy (non-hydrogen) atoms. The van der Waals surface area contributed by atoms with Gasteiger partial charge in [-0.15, -0.1) is 11.3 Å². The van der Waals surface area contributed by atoms with Crippen molar-refractivity contribution in [3.8, 4) is 0 Å². The average Bonchev–Trinajstić information content (AvgIpc) is 2.90. The molecule has 1 saturated heterocycles. The summed E-state index contributed by atoms with van der Waals surface area (Å²) in [5.74, 6) is 2.00. The van der Waals surface area contributed by atoms with Crippen molar-refractivity contribution >= 4 is 23.1 Å². The van der Waals surface area contributed by atoms with E-state index in [0.29, 0.717) is 11.2 Å². The molecule has 0 saturated carbocycles. The molecule has 3 rings (SSSR count). The van der Waals surface area contributed by atoms with E-state index >= 15 is 0 Å². The smallest absolute Gasteiger partial charge is 0.106 e. The summed E-state index contributed by atoms with van der Waals surface area (Å²) in [6.07, 6.45) is 8.07. The highest BCUT2D eigenvalue weighted by Crippen LogP contribution is 2.43. The number of aromatic nitrogens is 1. The van der Waals surface area contributed by atoms with Crippen molar-refractivity contribution in [3.63, 3.8) is 0 Å². The number of nitrogens with one attached hydrogen (secondary N) is 1. The van der Waals surface area contributed by atoms with Crippen LogP contribution in [0.4, 0.5) is 0 Å². The largest absolute Gasteiger partial charge is 0.316 e. The molecular formula is C15H24N2S2. The summed E-state index contributed by atoms with van der Waals surface area (Å²) in [4.78, 5) is 6.66. The van der Waals surface area contributed by atoms with E-state index in [1.807, 2.05) is 11.3 Å². The molecule has 0 bridgehead atoms. The van der Waals surface area contributed by atoms with Crippen molar-refractivity contribution in [2.24, 2.45) is 0 Å². The highest BCUT2D eigenvalue weighted by atomic mass is 32.2. The molecular weight excluding hydrogens is 272 g/mol. The predicted molar refractivity (Wildman–Crippen MR) is 85.4 cm³/mol. The molecule has 1 N–H and O–H groups in total. The van der Waals surface area contributed by atoms with Crippen molar-refractivity contribution in [1.82, 2.24) is 10.3 Å². The van der Waals surface area contributed by atoms with Crippen LogP contribution in [-0.4, -0.2) is 23.8 Å². The minimum atomic E-state index is 0.669. The maximum Gasteiger partial charge on any atom is 0.106 e. The van der Waals surface area contributed by atoms with Crippen molar-refractivity contribution in [2.45, 2.75) is 56.6 Å². The van der Waals surface area contributed by atoms with E-state index in [0.717, 1.165) is 13.1 Å². The Kier molecular flexibility index (Phi) is 4.83. The van der Waals surface area contributed by atoms with Crippen LogP contribution in [0.2, 0.25) is 0 Å². The molecule has 4 heteroatoms. The Morgan fingerprint density at radius 3 is 3.00 bits per heavy atom. The van der Waals surface area contributed by atoms with Gasteiger partial charge in [-0.3, -0.25) is 0 Å². The van der Waals surface area contributed by atoms with E-state index in [9.17, 15) is 0 Å². The zero-order valence-electron chi connectivity index (χ0n) is 11.8. The number of hydrogen-bond donors (Lipinski definition) is 1. The average molecular weight is 297 g/mol. The highest BCUT2D eigenvalue weighted by Gasteiger charge is 2.27. The SMILES string of the molecule is CCNCC1CCCc2sc(C3CCCCS3)nc21. The number of thioether (sulfide) groups is 1. The fourth-order valence-electron chi connectivity index (χ4n) is 3.12. The van der Waals surface area contributed by atoms with Gasteiger partial charge in [0.05, 0.1) is 10.9 Å². The monoisotopic (exact) mass is 296 g/mol. The first-order valence-electron chi connectivity index (χ1n) is 7.70. The molecule has 1 aliphatic heterocycles. The second kappa shape index (κ2) is 6.59. The lowest BCUT2D eigenvalue weighted by molar-refractivity contribution is 0.508. The molecule has 1 fully saturated rings. The van der Waals surface area contributed by atoms with E-state index in [-0.39, 0.29) is 0 Å². The van der Waals surface area contributed by atoms with Crippen LogP contribution in [0.5, 0.6) is 0 Å². The molecule has 2 nitrogen and oxygen atoms in total. The molecule has 2 unspecified atom stereocenters. The summed E-state index contributed by atoms with van der Waals surface area (Å²) >= 11 is 4.15. The first-order chi connectivity index (χ1) is 9.38. The molecule has 1 aromatic rings. The minimum absolute atomic E-state index is 0.669. The van der Waals surface area contributed by atoms with E-state index in [1.54, 1.807) is 4.88 Å². The lowest BCUT2D eigenvalue weighted by Crippen LogP contribution is -2.24. The van der Waals surface area contributed by atoms with Gasteiger partial charge in [-0.2, -0.15) is 11.8 Å². The number of nitrogens with zero attached hydrogens (tertiary/aromatic N) is 1. The van der Waals surface area contributed by atoms with Crippen molar-refractivity contribution in [2.75, 3.05) is 18.8 Å². The Morgan fingerprint density at radius 2 is 2.21 bits per heavy atom. The second-order valence-electron chi connectivity index (χ2n) is 5.61. The Bertz CT molecular complexity index is 410. The molecule has 1 aliphatic carbocycles. The molecule has 0 radical (unpaired) electrons. The lowest BCUT2D eigenvalue weighted by Gasteiger charge is -2.21. The maximum atomic E-state index is 5.07. The molecule has 1 aromatic heterocycles. The van der Waals surface area contributed by atoms with Crippen LogP contribution in [0.1, 0.15) is 65.8 Å². The van der Waals surface area contributed by atoms with Gasteiger partial charge in [-0.1, -0.05) is 13.3 Å². The quantitative estimate of drug-likeness (QED) is 0.904. The first kappa shape index (κ1) is 13.9. The van der Waals surface area contributed by atoms with E-state index in [4.69, 9.17) is 4.98 Å². The Morgan fingerprint density at radius 1 is 1.26 bits per heavy atom. The van der Waals surface area contributed by atoms with Crippen molar-refractivity contribution < 1.29 is 0 Å². The van der Waals surface area contributed by atoms with Gasteiger partial charge in [0.15, 0.2) is 0 Å². The molecule has 2 atom stereocenters. The Balaban J connectivity index is 1.76. The lowest BCUT2D eigenvalue weighted by atomic mass is 9.91. The van der Waals surface area contributed by atoms with Gasteiger partial charge in [-0.05, 0) is 44.4 Å².